The maximum atomic E-state index is 6.36. The smallest absolute Gasteiger partial charge is 0.143 e. The minimum Gasteiger partial charge on any atom is -0.490 e. The lowest BCUT2D eigenvalue weighted by Gasteiger charge is -2.35. The molecule has 0 bridgehead atoms. The molecule has 0 atom stereocenters. The average Bonchev–Trinajstić information content (AvgIpc) is 3.27. The summed E-state index contributed by atoms with van der Waals surface area (Å²) in [4.78, 5) is 16.3. The van der Waals surface area contributed by atoms with E-state index >= 15 is 0 Å². The van der Waals surface area contributed by atoms with Crippen molar-refractivity contribution in [2.24, 2.45) is 0 Å². The molecular weight excluding hydrogens is 807 g/mol. The molecule has 4 aromatic carbocycles. The van der Waals surface area contributed by atoms with E-state index in [0.717, 1.165) is 144 Å². The Hall–Kier alpha value is -4.71. The van der Waals surface area contributed by atoms with E-state index in [9.17, 15) is 0 Å². The Morgan fingerprint density at radius 2 is 1.12 bits per heavy atom. The molecule has 2 saturated heterocycles. The number of halogens is 3. The summed E-state index contributed by atoms with van der Waals surface area (Å²) in [7, 11) is 0. The predicted molar refractivity (Wildman–Crippen MR) is 243 cm³/mol. The first-order chi connectivity index (χ1) is 28.6. The second-order valence-corrected chi connectivity index (χ2v) is 16.2. The number of anilines is 5. The zero-order valence-electron chi connectivity index (χ0n) is 33.9. The Morgan fingerprint density at radius 1 is 0.559 bits per heavy atom. The Kier molecular flexibility index (Phi) is 12.7. The number of nitrogens with one attached hydrogen (secondary N) is 1. The fourth-order valence-corrected chi connectivity index (χ4v) is 8.42. The SMILES string of the molecule is Cc1nc2ccc(Cl)cc2c(Cl)c1C.Cc1nc2ccc(Cl)cc2c(N2CCOc3ccc(N4CCOCC4)cc32)c1C.c1cc2c(cc1N1CCOCC1)NCCO2. The van der Waals surface area contributed by atoms with E-state index in [4.69, 9.17) is 58.7 Å². The summed E-state index contributed by atoms with van der Waals surface area (Å²) in [5.74, 6) is 1.88. The second kappa shape index (κ2) is 18.3. The molecular formula is C46H49Cl3N6O4. The number of nitrogens with zero attached hydrogens (tertiary/aromatic N) is 5. The van der Waals surface area contributed by atoms with E-state index in [1.54, 1.807) is 0 Å². The van der Waals surface area contributed by atoms with E-state index in [1.165, 1.54) is 22.6 Å². The number of rotatable bonds is 3. The molecule has 59 heavy (non-hydrogen) atoms. The Balaban J connectivity index is 0.000000136. The molecule has 10 nitrogen and oxygen atoms in total. The van der Waals surface area contributed by atoms with Crippen molar-refractivity contribution in [3.63, 3.8) is 0 Å². The fraction of sp³-hybridized carbons (Fsp3) is 0.348. The summed E-state index contributed by atoms with van der Waals surface area (Å²) in [6, 6.07) is 24.3. The minimum atomic E-state index is 0.646. The van der Waals surface area contributed by atoms with Crippen molar-refractivity contribution >= 4 is 85.0 Å². The highest BCUT2D eigenvalue weighted by Gasteiger charge is 2.26. The molecule has 0 unspecified atom stereocenters. The molecule has 0 aliphatic carbocycles. The Labute approximate surface area is 360 Å². The zero-order chi connectivity index (χ0) is 41.0. The molecule has 308 valence electrons. The van der Waals surface area contributed by atoms with Crippen LogP contribution in [0, 0.1) is 27.7 Å². The average molecular weight is 856 g/mol. The van der Waals surface area contributed by atoms with Crippen LogP contribution in [-0.2, 0) is 9.47 Å². The van der Waals surface area contributed by atoms with Crippen LogP contribution in [0.5, 0.6) is 11.5 Å². The van der Waals surface area contributed by atoms with E-state index < -0.39 is 0 Å². The highest BCUT2D eigenvalue weighted by Crippen LogP contribution is 2.44. The van der Waals surface area contributed by atoms with Crippen molar-refractivity contribution < 1.29 is 18.9 Å². The quantitative estimate of drug-likeness (QED) is 0.186. The number of pyridine rings is 2. The molecule has 13 heteroatoms. The van der Waals surface area contributed by atoms with Crippen molar-refractivity contribution in [1.29, 1.82) is 0 Å². The first kappa shape index (κ1) is 41.0. The molecule has 6 heterocycles. The van der Waals surface area contributed by atoms with Gasteiger partial charge in [0.1, 0.15) is 24.7 Å². The third-order valence-corrected chi connectivity index (χ3v) is 12.2. The monoisotopic (exact) mass is 854 g/mol. The number of benzene rings is 4. The number of aryl methyl sites for hydroxylation is 2. The van der Waals surface area contributed by atoms with E-state index in [2.05, 4.69) is 69.2 Å². The number of hydrogen-bond donors (Lipinski definition) is 1. The molecule has 4 aliphatic heterocycles. The van der Waals surface area contributed by atoms with Crippen molar-refractivity contribution in [2.75, 3.05) is 98.9 Å². The standard InChI is InChI=1S/C23H24ClN3O2.C12H16N2O2.C11H9Cl2N/c1-15-16(2)25-20-5-3-17(24)13-19(20)23(15)27-9-12-29-22-6-4-18(14-21(22)27)26-7-10-28-11-8-26;1-2-12-11(13-3-6-16-12)9-10(1)14-4-7-15-8-5-14;1-6-7(2)14-10-4-3-8(12)5-9(10)11(6)13/h3-6,13-14H,7-12H2,1-2H3;1-2,9,13H,3-8H2;3-5H,1-2H3. The van der Waals surface area contributed by atoms with Gasteiger partial charge in [0.05, 0.1) is 66.1 Å². The van der Waals surface area contributed by atoms with Gasteiger partial charge < -0.3 is 39.0 Å². The summed E-state index contributed by atoms with van der Waals surface area (Å²) in [5, 5.41) is 7.50. The van der Waals surface area contributed by atoms with Crippen LogP contribution in [0.4, 0.5) is 28.4 Å². The first-order valence-electron chi connectivity index (χ1n) is 20.1. The highest BCUT2D eigenvalue weighted by atomic mass is 35.5. The normalized spacial score (nSPS) is 16.1. The lowest BCUT2D eigenvalue weighted by atomic mass is 10.0. The van der Waals surface area contributed by atoms with Gasteiger partial charge in [-0.25, -0.2) is 0 Å². The highest BCUT2D eigenvalue weighted by molar-refractivity contribution is 6.37. The van der Waals surface area contributed by atoms with Gasteiger partial charge in [-0.15, -0.1) is 0 Å². The summed E-state index contributed by atoms with van der Waals surface area (Å²) in [6.07, 6.45) is 0. The van der Waals surface area contributed by atoms with Gasteiger partial charge >= 0.3 is 0 Å². The lowest BCUT2D eigenvalue weighted by molar-refractivity contribution is 0.122. The van der Waals surface area contributed by atoms with Gasteiger partial charge in [-0.3, -0.25) is 9.97 Å². The van der Waals surface area contributed by atoms with Crippen LogP contribution in [-0.4, -0.2) is 88.9 Å². The number of fused-ring (bicyclic) bond motifs is 4. The molecule has 6 aromatic rings. The molecule has 0 radical (unpaired) electrons. The van der Waals surface area contributed by atoms with E-state index in [0.29, 0.717) is 11.6 Å². The van der Waals surface area contributed by atoms with E-state index in [1.807, 2.05) is 56.3 Å². The largest absolute Gasteiger partial charge is 0.490 e. The second-order valence-electron chi connectivity index (χ2n) is 14.9. The minimum absolute atomic E-state index is 0.646. The first-order valence-corrected chi connectivity index (χ1v) is 21.3. The molecule has 0 spiro atoms. The number of hydrogen-bond acceptors (Lipinski definition) is 10. The predicted octanol–water partition coefficient (Wildman–Crippen LogP) is 10.4. The summed E-state index contributed by atoms with van der Waals surface area (Å²) >= 11 is 18.5. The molecule has 2 fully saturated rings. The third-order valence-electron chi connectivity index (χ3n) is 11.2. The van der Waals surface area contributed by atoms with Gasteiger partial charge in [0, 0.05) is 76.3 Å². The molecule has 2 aromatic heterocycles. The third kappa shape index (κ3) is 9.07. The lowest BCUT2D eigenvalue weighted by Crippen LogP contribution is -2.36. The van der Waals surface area contributed by atoms with Crippen molar-refractivity contribution in [3.05, 3.63) is 110 Å². The molecule has 0 saturated carbocycles. The van der Waals surface area contributed by atoms with E-state index in [-0.39, 0.29) is 0 Å². The van der Waals surface area contributed by atoms with Gasteiger partial charge in [-0.1, -0.05) is 34.8 Å². The van der Waals surface area contributed by atoms with Crippen LogP contribution in [0.15, 0.2) is 72.8 Å². The molecule has 10 rings (SSSR count). The Morgan fingerprint density at radius 3 is 1.78 bits per heavy atom. The van der Waals surface area contributed by atoms with Gasteiger partial charge in [0.25, 0.3) is 0 Å². The summed E-state index contributed by atoms with van der Waals surface area (Å²) in [5.41, 5.74) is 11.9. The number of ether oxygens (including phenoxy) is 4. The maximum Gasteiger partial charge on any atom is 0.143 e. The molecule has 1 N–H and O–H groups in total. The number of morpholine rings is 2. The zero-order valence-corrected chi connectivity index (χ0v) is 36.2. The van der Waals surface area contributed by atoms with Gasteiger partial charge in [0.15, 0.2) is 0 Å². The van der Waals surface area contributed by atoms with Crippen LogP contribution in [0.3, 0.4) is 0 Å². The van der Waals surface area contributed by atoms with Crippen LogP contribution in [0.1, 0.15) is 22.5 Å². The van der Waals surface area contributed by atoms with Crippen LogP contribution in [0.2, 0.25) is 15.1 Å². The van der Waals surface area contributed by atoms with Crippen LogP contribution >= 0.6 is 34.8 Å². The number of aromatic nitrogens is 2. The Bertz CT molecular complexity index is 2470. The maximum absolute atomic E-state index is 6.36. The summed E-state index contributed by atoms with van der Waals surface area (Å²) in [6.45, 7) is 18.1. The van der Waals surface area contributed by atoms with Crippen molar-refractivity contribution in [2.45, 2.75) is 27.7 Å². The fourth-order valence-electron chi connectivity index (χ4n) is 7.79. The topological polar surface area (TPSA) is 84.5 Å². The van der Waals surface area contributed by atoms with Crippen LogP contribution in [0.25, 0.3) is 21.8 Å². The van der Waals surface area contributed by atoms with Gasteiger partial charge in [0.2, 0.25) is 0 Å². The molecule has 4 aliphatic rings. The van der Waals surface area contributed by atoms with Gasteiger partial charge in [-0.05, 0) is 112 Å². The summed E-state index contributed by atoms with van der Waals surface area (Å²) < 4.78 is 22.4. The van der Waals surface area contributed by atoms with Crippen molar-refractivity contribution in [1.82, 2.24) is 9.97 Å². The van der Waals surface area contributed by atoms with Crippen LogP contribution < -0.4 is 29.5 Å². The van der Waals surface area contributed by atoms with Crippen molar-refractivity contribution in [3.8, 4) is 11.5 Å². The van der Waals surface area contributed by atoms with Gasteiger partial charge in [-0.2, -0.15) is 0 Å². The molecule has 0 amide bonds.